The maximum atomic E-state index is 12.1. The second kappa shape index (κ2) is 7.67. The standard InChI is InChI=1S/C18H34N2O2/c1-5-6-8-14-11-15(19-17(21)22-18(2,3)4)13-20(12-14)16-9-7-10-16/h14-16H,5-13H2,1-4H3,(H,19,21). The highest BCUT2D eigenvalue weighted by atomic mass is 16.6. The summed E-state index contributed by atoms with van der Waals surface area (Å²) in [5, 5.41) is 3.11. The zero-order valence-corrected chi connectivity index (χ0v) is 14.9. The number of hydrogen-bond acceptors (Lipinski definition) is 3. The first kappa shape index (κ1) is 17.6. The summed E-state index contributed by atoms with van der Waals surface area (Å²) in [7, 11) is 0. The van der Waals surface area contributed by atoms with Crippen molar-refractivity contribution in [3.63, 3.8) is 0 Å². The summed E-state index contributed by atoms with van der Waals surface area (Å²) in [5.41, 5.74) is -0.423. The molecule has 22 heavy (non-hydrogen) atoms. The molecule has 4 nitrogen and oxygen atoms in total. The molecule has 0 spiro atoms. The van der Waals surface area contributed by atoms with Gasteiger partial charge in [-0.1, -0.05) is 26.2 Å². The summed E-state index contributed by atoms with van der Waals surface area (Å²) in [6, 6.07) is 0.999. The molecule has 1 saturated heterocycles. The number of alkyl carbamates (subject to hydrolysis) is 1. The van der Waals surface area contributed by atoms with E-state index in [2.05, 4.69) is 17.1 Å². The minimum absolute atomic E-state index is 0.242. The summed E-state index contributed by atoms with van der Waals surface area (Å²) in [6.45, 7) is 10.2. The Morgan fingerprint density at radius 1 is 1.27 bits per heavy atom. The molecule has 128 valence electrons. The first-order valence-electron chi connectivity index (χ1n) is 9.11. The van der Waals surface area contributed by atoms with Gasteiger partial charge in [-0.2, -0.15) is 0 Å². The lowest BCUT2D eigenvalue weighted by Gasteiger charge is -2.45. The third-order valence-electron chi connectivity index (χ3n) is 4.84. The van der Waals surface area contributed by atoms with Gasteiger partial charge in [-0.05, 0) is 52.4 Å². The summed E-state index contributed by atoms with van der Waals surface area (Å²) in [6.07, 6.45) is 8.70. The third-order valence-corrected chi connectivity index (χ3v) is 4.84. The topological polar surface area (TPSA) is 41.6 Å². The van der Waals surface area contributed by atoms with Crippen molar-refractivity contribution >= 4 is 6.09 Å². The van der Waals surface area contributed by atoms with E-state index >= 15 is 0 Å². The maximum Gasteiger partial charge on any atom is 0.407 e. The van der Waals surface area contributed by atoms with Gasteiger partial charge in [0, 0.05) is 25.2 Å². The number of carbonyl (C=O) groups excluding carboxylic acids is 1. The Balaban J connectivity index is 1.88. The largest absolute Gasteiger partial charge is 0.444 e. The molecule has 1 amide bonds. The van der Waals surface area contributed by atoms with Gasteiger partial charge >= 0.3 is 6.09 Å². The first-order valence-corrected chi connectivity index (χ1v) is 9.11. The van der Waals surface area contributed by atoms with Crippen molar-refractivity contribution in [2.45, 2.75) is 90.3 Å². The number of unbranched alkanes of at least 4 members (excludes halogenated alkanes) is 1. The predicted molar refractivity (Wildman–Crippen MR) is 90.0 cm³/mol. The number of piperidine rings is 1. The lowest BCUT2D eigenvalue weighted by atomic mass is 9.84. The lowest BCUT2D eigenvalue weighted by molar-refractivity contribution is 0.0325. The Morgan fingerprint density at radius 3 is 2.55 bits per heavy atom. The van der Waals surface area contributed by atoms with Gasteiger partial charge in [0.15, 0.2) is 0 Å². The third kappa shape index (κ3) is 5.45. The Kier molecular flexibility index (Phi) is 6.13. The van der Waals surface area contributed by atoms with Crippen molar-refractivity contribution in [3.8, 4) is 0 Å². The van der Waals surface area contributed by atoms with Gasteiger partial charge < -0.3 is 10.1 Å². The van der Waals surface area contributed by atoms with E-state index in [-0.39, 0.29) is 12.1 Å². The highest BCUT2D eigenvalue weighted by Gasteiger charge is 2.34. The minimum Gasteiger partial charge on any atom is -0.444 e. The second-order valence-electron chi connectivity index (χ2n) is 8.13. The fraction of sp³-hybridized carbons (Fsp3) is 0.944. The molecule has 1 saturated carbocycles. The monoisotopic (exact) mass is 310 g/mol. The van der Waals surface area contributed by atoms with Crippen LogP contribution >= 0.6 is 0 Å². The molecule has 0 aromatic heterocycles. The molecule has 2 atom stereocenters. The quantitative estimate of drug-likeness (QED) is 0.836. The van der Waals surface area contributed by atoms with Gasteiger partial charge in [0.1, 0.15) is 5.60 Å². The molecular formula is C18H34N2O2. The molecule has 1 heterocycles. The molecule has 0 radical (unpaired) electrons. The fourth-order valence-electron chi connectivity index (χ4n) is 3.57. The van der Waals surface area contributed by atoms with Gasteiger partial charge in [-0.15, -0.1) is 0 Å². The fourth-order valence-corrected chi connectivity index (χ4v) is 3.57. The van der Waals surface area contributed by atoms with E-state index in [0.29, 0.717) is 5.92 Å². The van der Waals surface area contributed by atoms with Gasteiger partial charge in [0.2, 0.25) is 0 Å². The smallest absolute Gasteiger partial charge is 0.407 e. The van der Waals surface area contributed by atoms with E-state index in [1.165, 1.54) is 45.1 Å². The van der Waals surface area contributed by atoms with E-state index < -0.39 is 5.60 Å². The first-order chi connectivity index (χ1) is 10.4. The van der Waals surface area contributed by atoms with Crippen LogP contribution in [0.5, 0.6) is 0 Å². The normalized spacial score (nSPS) is 27.3. The molecule has 2 aliphatic rings. The SMILES string of the molecule is CCCCC1CC(NC(=O)OC(C)(C)C)CN(C2CCC2)C1. The average Bonchev–Trinajstić information content (AvgIpc) is 2.31. The van der Waals surface area contributed by atoms with E-state index in [1.54, 1.807) is 0 Å². The number of amides is 1. The van der Waals surface area contributed by atoms with Crippen molar-refractivity contribution in [1.29, 1.82) is 0 Å². The van der Waals surface area contributed by atoms with Gasteiger partial charge in [0.05, 0.1) is 0 Å². The van der Waals surface area contributed by atoms with Crippen LogP contribution in [0.1, 0.15) is 72.6 Å². The summed E-state index contributed by atoms with van der Waals surface area (Å²) < 4.78 is 5.42. The number of hydrogen-bond donors (Lipinski definition) is 1. The van der Waals surface area contributed by atoms with Gasteiger partial charge in [0.25, 0.3) is 0 Å². The number of rotatable bonds is 5. The highest BCUT2D eigenvalue weighted by Crippen LogP contribution is 2.31. The molecule has 1 aliphatic heterocycles. The summed E-state index contributed by atoms with van der Waals surface area (Å²) in [4.78, 5) is 14.7. The van der Waals surface area contributed by atoms with Gasteiger partial charge in [-0.25, -0.2) is 4.79 Å². The molecule has 1 aliphatic carbocycles. The van der Waals surface area contributed by atoms with Crippen LogP contribution in [-0.2, 0) is 4.74 Å². The molecule has 0 aromatic rings. The number of carbonyl (C=O) groups is 1. The molecule has 2 fully saturated rings. The number of likely N-dealkylation sites (tertiary alicyclic amines) is 1. The second-order valence-corrected chi connectivity index (χ2v) is 8.13. The maximum absolute atomic E-state index is 12.1. The molecule has 0 aromatic carbocycles. The Hall–Kier alpha value is -0.770. The van der Waals surface area contributed by atoms with Crippen molar-refractivity contribution in [3.05, 3.63) is 0 Å². The van der Waals surface area contributed by atoms with Crippen LogP contribution < -0.4 is 5.32 Å². The van der Waals surface area contributed by atoms with Crippen LogP contribution in [-0.4, -0.2) is 41.8 Å². The molecular weight excluding hydrogens is 276 g/mol. The van der Waals surface area contributed by atoms with Crippen LogP contribution in [0.3, 0.4) is 0 Å². The number of nitrogens with one attached hydrogen (secondary N) is 1. The van der Waals surface area contributed by atoms with Crippen molar-refractivity contribution in [2.75, 3.05) is 13.1 Å². The van der Waals surface area contributed by atoms with Crippen LogP contribution in [0.4, 0.5) is 4.79 Å². The molecule has 2 unspecified atom stereocenters. The highest BCUT2D eigenvalue weighted by molar-refractivity contribution is 5.68. The van der Waals surface area contributed by atoms with E-state index in [1.807, 2.05) is 20.8 Å². The zero-order chi connectivity index (χ0) is 16.2. The molecule has 4 heteroatoms. The summed E-state index contributed by atoms with van der Waals surface area (Å²) >= 11 is 0. The number of ether oxygens (including phenoxy) is 1. The molecule has 1 N–H and O–H groups in total. The Morgan fingerprint density at radius 2 is 2.00 bits per heavy atom. The minimum atomic E-state index is -0.423. The predicted octanol–water partition coefficient (Wildman–Crippen LogP) is 3.94. The average molecular weight is 310 g/mol. The van der Waals surface area contributed by atoms with Crippen molar-refractivity contribution in [1.82, 2.24) is 10.2 Å². The van der Waals surface area contributed by atoms with Crippen LogP contribution in [0.2, 0.25) is 0 Å². The van der Waals surface area contributed by atoms with Crippen molar-refractivity contribution in [2.24, 2.45) is 5.92 Å². The van der Waals surface area contributed by atoms with Gasteiger partial charge in [-0.3, -0.25) is 4.90 Å². The summed E-state index contributed by atoms with van der Waals surface area (Å²) in [5.74, 6) is 0.717. The zero-order valence-electron chi connectivity index (χ0n) is 14.9. The molecule has 2 rings (SSSR count). The lowest BCUT2D eigenvalue weighted by Crippen LogP contribution is -2.55. The van der Waals surface area contributed by atoms with Crippen LogP contribution in [0, 0.1) is 5.92 Å². The van der Waals surface area contributed by atoms with Crippen LogP contribution in [0.25, 0.3) is 0 Å². The van der Waals surface area contributed by atoms with Crippen molar-refractivity contribution < 1.29 is 9.53 Å². The Bertz CT molecular complexity index is 361. The number of nitrogens with zero attached hydrogens (tertiary/aromatic N) is 1. The van der Waals surface area contributed by atoms with E-state index in [9.17, 15) is 4.79 Å². The van der Waals surface area contributed by atoms with E-state index in [0.717, 1.165) is 19.0 Å². The Labute approximate surface area is 136 Å². The molecule has 0 bridgehead atoms. The van der Waals surface area contributed by atoms with Crippen LogP contribution in [0.15, 0.2) is 0 Å². The van der Waals surface area contributed by atoms with E-state index in [4.69, 9.17) is 4.74 Å².